The van der Waals surface area contributed by atoms with Gasteiger partial charge in [-0.25, -0.2) is 4.79 Å². The number of amides is 2. The molecule has 2 amide bonds. The number of halogens is 1. The second-order valence-electron chi connectivity index (χ2n) is 5.02. The summed E-state index contributed by atoms with van der Waals surface area (Å²) in [5, 5.41) is 3.57. The molecular formula is C15H21ClN2O. The van der Waals surface area contributed by atoms with Gasteiger partial charge in [0.1, 0.15) is 0 Å². The Morgan fingerprint density at radius 3 is 2.74 bits per heavy atom. The molecule has 4 heteroatoms. The maximum Gasteiger partial charge on any atom is 0.322 e. The van der Waals surface area contributed by atoms with Crippen LogP contribution in [0.2, 0.25) is 5.02 Å². The lowest BCUT2D eigenvalue weighted by atomic mass is 9.94. The van der Waals surface area contributed by atoms with Gasteiger partial charge in [0, 0.05) is 23.3 Å². The summed E-state index contributed by atoms with van der Waals surface area (Å²) in [6.07, 6.45) is 5.99. The standard InChI is InChI=1S/C15H21ClN2O/c1-2-18(14-9-4-3-5-10-14)15(19)17-13-8-6-7-12(16)11-13/h6-8,11,14H,2-5,9-10H2,1H3,(H,17,19). The number of hydrogen-bond acceptors (Lipinski definition) is 1. The van der Waals surface area contributed by atoms with Crippen molar-refractivity contribution in [3.63, 3.8) is 0 Å². The first kappa shape index (κ1) is 14.2. The van der Waals surface area contributed by atoms with Crippen molar-refractivity contribution in [3.05, 3.63) is 29.3 Å². The van der Waals surface area contributed by atoms with Crippen LogP contribution in [0.4, 0.5) is 10.5 Å². The van der Waals surface area contributed by atoms with Gasteiger partial charge in [-0.05, 0) is 38.0 Å². The van der Waals surface area contributed by atoms with Crippen molar-refractivity contribution in [1.82, 2.24) is 4.90 Å². The largest absolute Gasteiger partial charge is 0.322 e. The van der Waals surface area contributed by atoms with Gasteiger partial charge in [0.25, 0.3) is 0 Å². The van der Waals surface area contributed by atoms with Gasteiger partial charge in [-0.15, -0.1) is 0 Å². The lowest BCUT2D eigenvalue weighted by Crippen LogP contribution is -2.43. The summed E-state index contributed by atoms with van der Waals surface area (Å²) in [7, 11) is 0. The fraction of sp³-hybridized carbons (Fsp3) is 0.533. The number of hydrogen-bond donors (Lipinski definition) is 1. The van der Waals surface area contributed by atoms with Crippen LogP contribution in [-0.2, 0) is 0 Å². The smallest absolute Gasteiger partial charge is 0.322 e. The van der Waals surface area contributed by atoms with Gasteiger partial charge in [0.15, 0.2) is 0 Å². The number of urea groups is 1. The van der Waals surface area contributed by atoms with Gasteiger partial charge < -0.3 is 10.2 Å². The second kappa shape index (κ2) is 6.80. The summed E-state index contributed by atoms with van der Waals surface area (Å²) in [5.74, 6) is 0. The van der Waals surface area contributed by atoms with E-state index in [1.165, 1.54) is 19.3 Å². The zero-order valence-corrected chi connectivity index (χ0v) is 12.1. The fourth-order valence-corrected chi connectivity index (χ4v) is 2.91. The number of rotatable bonds is 3. The molecule has 0 radical (unpaired) electrons. The minimum absolute atomic E-state index is 0.0170. The Kier molecular flexibility index (Phi) is 5.08. The molecule has 0 aliphatic heterocycles. The molecule has 1 fully saturated rings. The van der Waals surface area contributed by atoms with Gasteiger partial charge in [-0.2, -0.15) is 0 Å². The lowest BCUT2D eigenvalue weighted by molar-refractivity contribution is 0.172. The van der Waals surface area contributed by atoms with Crippen LogP contribution in [0, 0.1) is 0 Å². The lowest BCUT2D eigenvalue weighted by Gasteiger charge is -2.33. The van der Waals surface area contributed by atoms with E-state index in [2.05, 4.69) is 5.32 Å². The second-order valence-corrected chi connectivity index (χ2v) is 5.45. The first-order valence-corrected chi connectivity index (χ1v) is 7.41. The summed E-state index contributed by atoms with van der Waals surface area (Å²) in [4.78, 5) is 14.3. The van der Waals surface area contributed by atoms with Gasteiger partial charge in [-0.3, -0.25) is 0 Å². The van der Waals surface area contributed by atoms with Crippen molar-refractivity contribution < 1.29 is 4.79 Å². The van der Waals surface area contributed by atoms with Crippen LogP contribution in [-0.4, -0.2) is 23.5 Å². The van der Waals surface area contributed by atoms with E-state index in [-0.39, 0.29) is 6.03 Å². The van der Waals surface area contributed by atoms with E-state index in [0.29, 0.717) is 11.1 Å². The van der Waals surface area contributed by atoms with Crippen molar-refractivity contribution in [2.24, 2.45) is 0 Å². The quantitative estimate of drug-likeness (QED) is 0.867. The van der Waals surface area contributed by atoms with Crippen LogP contribution >= 0.6 is 11.6 Å². The van der Waals surface area contributed by atoms with E-state index in [1.54, 1.807) is 12.1 Å². The Morgan fingerprint density at radius 2 is 2.11 bits per heavy atom. The molecule has 0 heterocycles. The Labute approximate surface area is 119 Å². The molecular weight excluding hydrogens is 260 g/mol. The molecule has 1 aliphatic rings. The summed E-state index contributed by atoms with van der Waals surface area (Å²) >= 11 is 5.93. The topological polar surface area (TPSA) is 32.3 Å². The number of benzene rings is 1. The molecule has 19 heavy (non-hydrogen) atoms. The number of anilines is 1. The molecule has 1 saturated carbocycles. The molecule has 1 aliphatic carbocycles. The highest BCUT2D eigenvalue weighted by Crippen LogP contribution is 2.23. The molecule has 3 nitrogen and oxygen atoms in total. The van der Waals surface area contributed by atoms with E-state index >= 15 is 0 Å². The monoisotopic (exact) mass is 280 g/mol. The molecule has 0 atom stereocenters. The SMILES string of the molecule is CCN(C(=O)Nc1cccc(Cl)c1)C1CCCCC1. The molecule has 0 saturated heterocycles. The Bertz CT molecular complexity index is 430. The average molecular weight is 281 g/mol. The summed E-state index contributed by atoms with van der Waals surface area (Å²) in [6, 6.07) is 7.65. The first-order chi connectivity index (χ1) is 9.20. The van der Waals surface area contributed by atoms with Gasteiger partial charge in [0.2, 0.25) is 0 Å². The molecule has 0 aromatic heterocycles. The normalized spacial score (nSPS) is 16.1. The third-order valence-corrected chi connectivity index (χ3v) is 3.93. The molecule has 1 aromatic carbocycles. The molecule has 2 rings (SSSR count). The van der Waals surface area contributed by atoms with Crippen molar-refractivity contribution in [2.45, 2.75) is 45.1 Å². The highest BCUT2D eigenvalue weighted by atomic mass is 35.5. The van der Waals surface area contributed by atoms with Crippen LogP contribution in [0.5, 0.6) is 0 Å². The van der Waals surface area contributed by atoms with Gasteiger partial charge in [-0.1, -0.05) is 36.9 Å². The number of nitrogens with one attached hydrogen (secondary N) is 1. The van der Waals surface area contributed by atoms with Crippen molar-refractivity contribution >= 4 is 23.3 Å². The predicted molar refractivity (Wildman–Crippen MR) is 79.7 cm³/mol. The number of carbonyl (C=O) groups is 1. The van der Waals surface area contributed by atoms with E-state index in [4.69, 9.17) is 11.6 Å². The van der Waals surface area contributed by atoms with Crippen LogP contribution in [0.3, 0.4) is 0 Å². The Hall–Kier alpha value is -1.22. The number of carbonyl (C=O) groups excluding carboxylic acids is 1. The number of nitrogens with zero attached hydrogens (tertiary/aromatic N) is 1. The third-order valence-electron chi connectivity index (χ3n) is 3.69. The first-order valence-electron chi connectivity index (χ1n) is 7.04. The maximum absolute atomic E-state index is 12.3. The van der Waals surface area contributed by atoms with E-state index in [1.807, 2.05) is 24.0 Å². The predicted octanol–water partition coefficient (Wildman–Crippen LogP) is 4.53. The molecule has 0 bridgehead atoms. The van der Waals surface area contributed by atoms with E-state index < -0.39 is 0 Å². The fourth-order valence-electron chi connectivity index (χ4n) is 2.72. The molecule has 1 N–H and O–H groups in total. The Morgan fingerprint density at radius 1 is 1.37 bits per heavy atom. The zero-order chi connectivity index (χ0) is 13.7. The molecule has 104 valence electrons. The third kappa shape index (κ3) is 3.87. The van der Waals surface area contributed by atoms with Crippen LogP contribution in [0.25, 0.3) is 0 Å². The van der Waals surface area contributed by atoms with Gasteiger partial charge in [0.05, 0.1) is 0 Å². The van der Waals surface area contributed by atoms with Crippen molar-refractivity contribution in [2.75, 3.05) is 11.9 Å². The van der Waals surface area contributed by atoms with Crippen molar-refractivity contribution in [3.8, 4) is 0 Å². The van der Waals surface area contributed by atoms with Crippen LogP contribution in [0.15, 0.2) is 24.3 Å². The minimum Gasteiger partial charge on any atom is -0.322 e. The molecule has 0 unspecified atom stereocenters. The minimum atomic E-state index is -0.0170. The van der Waals surface area contributed by atoms with Crippen LogP contribution in [0.1, 0.15) is 39.0 Å². The molecule has 1 aromatic rings. The van der Waals surface area contributed by atoms with E-state index in [9.17, 15) is 4.79 Å². The summed E-state index contributed by atoms with van der Waals surface area (Å²) in [6.45, 7) is 2.78. The highest BCUT2D eigenvalue weighted by Gasteiger charge is 2.23. The van der Waals surface area contributed by atoms with Gasteiger partial charge >= 0.3 is 6.03 Å². The summed E-state index contributed by atoms with van der Waals surface area (Å²) < 4.78 is 0. The van der Waals surface area contributed by atoms with Crippen molar-refractivity contribution in [1.29, 1.82) is 0 Å². The molecule has 0 spiro atoms. The van der Waals surface area contributed by atoms with E-state index in [0.717, 1.165) is 25.1 Å². The Balaban J connectivity index is 2.00. The van der Waals surface area contributed by atoms with Crippen LogP contribution < -0.4 is 5.32 Å². The summed E-state index contributed by atoms with van der Waals surface area (Å²) in [5.41, 5.74) is 0.756. The maximum atomic E-state index is 12.3. The zero-order valence-electron chi connectivity index (χ0n) is 11.4. The average Bonchev–Trinajstić information content (AvgIpc) is 2.41. The highest BCUT2D eigenvalue weighted by molar-refractivity contribution is 6.30.